The lowest BCUT2D eigenvalue weighted by Crippen LogP contribution is -2.27. The molecule has 2 unspecified atom stereocenters. The normalized spacial score (nSPS) is 23.2. The molecule has 2 saturated heterocycles. The summed E-state index contributed by atoms with van der Waals surface area (Å²) in [7, 11) is -1.08. The van der Waals surface area contributed by atoms with Crippen LogP contribution in [-0.4, -0.2) is 63.0 Å². The topological polar surface area (TPSA) is 78.4 Å². The SMILES string of the molecule is CN1CC2CN(c3ccc(-c4ccc(NS(C)(=O)=O)cc4)nn3)CC2C1. The number of anilines is 2. The maximum Gasteiger partial charge on any atom is 0.229 e. The number of fused-ring (bicyclic) bond motifs is 1. The van der Waals surface area contributed by atoms with E-state index in [0.717, 1.165) is 48.3 Å². The molecular weight excluding hydrogens is 350 g/mol. The van der Waals surface area contributed by atoms with Crippen molar-refractivity contribution in [1.82, 2.24) is 15.1 Å². The minimum absolute atomic E-state index is 0.536. The van der Waals surface area contributed by atoms with Crippen molar-refractivity contribution in [3.05, 3.63) is 36.4 Å². The Bertz CT molecular complexity index is 869. The van der Waals surface area contributed by atoms with Gasteiger partial charge in [-0.05, 0) is 43.1 Å². The summed E-state index contributed by atoms with van der Waals surface area (Å²) in [6.45, 7) is 4.44. The van der Waals surface area contributed by atoms with Crippen LogP contribution in [0.1, 0.15) is 0 Å². The van der Waals surface area contributed by atoms with E-state index < -0.39 is 10.0 Å². The summed E-state index contributed by atoms with van der Waals surface area (Å²) >= 11 is 0. The number of nitrogens with one attached hydrogen (secondary N) is 1. The molecule has 4 rings (SSSR count). The van der Waals surface area contributed by atoms with Gasteiger partial charge < -0.3 is 9.80 Å². The summed E-state index contributed by atoms with van der Waals surface area (Å²) in [4.78, 5) is 4.74. The van der Waals surface area contributed by atoms with E-state index in [1.54, 1.807) is 12.1 Å². The van der Waals surface area contributed by atoms with Crippen LogP contribution in [-0.2, 0) is 10.0 Å². The fraction of sp³-hybridized carbons (Fsp3) is 0.444. The maximum absolute atomic E-state index is 11.3. The zero-order chi connectivity index (χ0) is 18.3. The van der Waals surface area contributed by atoms with Crippen molar-refractivity contribution in [2.75, 3.05) is 49.1 Å². The minimum atomic E-state index is -3.27. The molecule has 26 heavy (non-hydrogen) atoms. The van der Waals surface area contributed by atoms with Crippen LogP contribution in [0.25, 0.3) is 11.3 Å². The van der Waals surface area contributed by atoms with Crippen LogP contribution in [0.5, 0.6) is 0 Å². The number of aromatic nitrogens is 2. The molecule has 7 nitrogen and oxygen atoms in total. The van der Waals surface area contributed by atoms with Crippen molar-refractivity contribution in [3.8, 4) is 11.3 Å². The highest BCUT2D eigenvalue weighted by Crippen LogP contribution is 2.32. The number of hydrogen-bond donors (Lipinski definition) is 1. The van der Waals surface area contributed by atoms with Gasteiger partial charge in [0.2, 0.25) is 10.0 Å². The largest absolute Gasteiger partial charge is 0.354 e. The highest BCUT2D eigenvalue weighted by atomic mass is 32.2. The van der Waals surface area contributed by atoms with E-state index >= 15 is 0 Å². The highest BCUT2D eigenvalue weighted by Gasteiger charge is 2.39. The minimum Gasteiger partial charge on any atom is -0.354 e. The molecule has 0 spiro atoms. The smallest absolute Gasteiger partial charge is 0.229 e. The first-order valence-corrected chi connectivity index (χ1v) is 10.6. The molecule has 1 aromatic heterocycles. The summed E-state index contributed by atoms with van der Waals surface area (Å²) in [6.07, 6.45) is 1.13. The molecule has 2 atom stereocenters. The molecule has 8 heteroatoms. The van der Waals surface area contributed by atoms with Gasteiger partial charge in [0.25, 0.3) is 0 Å². The summed E-state index contributed by atoms with van der Waals surface area (Å²) in [5.41, 5.74) is 2.22. The number of rotatable bonds is 4. The second-order valence-electron chi connectivity index (χ2n) is 7.37. The van der Waals surface area contributed by atoms with Crippen molar-refractivity contribution in [3.63, 3.8) is 0 Å². The fourth-order valence-corrected chi connectivity index (χ4v) is 4.55. The third-order valence-corrected chi connectivity index (χ3v) is 5.73. The Hall–Kier alpha value is -2.19. The first-order valence-electron chi connectivity index (χ1n) is 8.73. The molecule has 0 aliphatic carbocycles. The Morgan fingerprint density at radius 1 is 0.962 bits per heavy atom. The zero-order valence-corrected chi connectivity index (χ0v) is 15.8. The Morgan fingerprint density at radius 2 is 1.62 bits per heavy atom. The van der Waals surface area contributed by atoms with E-state index in [4.69, 9.17) is 0 Å². The Balaban J connectivity index is 1.45. The Labute approximate surface area is 154 Å². The molecule has 0 bridgehead atoms. The Kier molecular flexibility index (Phi) is 4.32. The highest BCUT2D eigenvalue weighted by molar-refractivity contribution is 7.92. The van der Waals surface area contributed by atoms with Gasteiger partial charge in [0.1, 0.15) is 0 Å². The molecular formula is C18H23N5O2S. The molecule has 0 saturated carbocycles. The van der Waals surface area contributed by atoms with Gasteiger partial charge in [-0.3, -0.25) is 4.72 Å². The number of nitrogens with zero attached hydrogens (tertiary/aromatic N) is 4. The summed E-state index contributed by atoms with van der Waals surface area (Å²) < 4.78 is 25.0. The Morgan fingerprint density at radius 3 is 2.15 bits per heavy atom. The molecule has 2 aliphatic heterocycles. The number of sulfonamides is 1. The van der Waals surface area contributed by atoms with Crippen molar-refractivity contribution >= 4 is 21.5 Å². The average molecular weight is 373 g/mol. The van der Waals surface area contributed by atoms with Crippen LogP contribution in [0.2, 0.25) is 0 Å². The van der Waals surface area contributed by atoms with Crippen LogP contribution in [0, 0.1) is 11.8 Å². The summed E-state index contributed by atoms with van der Waals surface area (Å²) in [5.74, 6) is 2.40. The third kappa shape index (κ3) is 3.66. The van der Waals surface area contributed by atoms with Crippen LogP contribution >= 0.6 is 0 Å². The van der Waals surface area contributed by atoms with Gasteiger partial charge in [0.15, 0.2) is 5.82 Å². The zero-order valence-electron chi connectivity index (χ0n) is 15.0. The number of hydrogen-bond acceptors (Lipinski definition) is 6. The van der Waals surface area contributed by atoms with Gasteiger partial charge in [-0.15, -0.1) is 10.2 Å². The first kappa shape index (κ1) is 17.2. The molecule has 0 radical (unpaired) electrons. The number of likely N-dealkylation sites (tertiary alicyclic amines) is 1. The standard InChI is InChI=1S/C18H23N5O2S/c1-22-9-14-11-23(12-15(14)10-22)18-8-7-17(19-20-18)13-3-5-16(6-4-13)21-26(2,24)25/h3-8,14-15,21H,9-12H2,1-2H3. The molecule has 2 aliphatic rings. The predicted octanol–water partition coefficient (Wildman–Crippen LogP) is 1.51. The maximum atomic E-state index is 11.3. The molecule has 3 heterocycles. The summed E-state index contributed by atoms with van der Waals surface area (Å²) in [6, 6.07) is 11.1. The van der Waals surface area contributed by atoms with Gasteiger partial charge >= 0.3 is 0 Å². The van der Waals surface area contributed by atoms with E-state index in [2.05, 4.69) is 31.8 Å². The van der Waals surface area contributed by atoms with E-state index in [9.17, 15) is 8.42 Å². The monoisotopic (exact) mass is 373 g/mol. The molecule has 2 fully saturated rings. The van der Waals surface area contributed by atoms with Crippen LogP contribution in [0.3, 0.4) is 0 Å². The molecule has 0 amide bonds. The average Bonchev–Trinajstić information content (AvgIpc) is 3.12. The number of benzene rings is 1. The molecule has 1 aromatic carbocycles. The lowest BCUT2D eigenvalue weighted by atomic mass is 10.0. The van der Waals surface area contributed by atoms with Crippen molar-refractivity contribution in [1.29, 1.82) is 0 Å². The van der Waals surface area contributed by atoms with Crippen LogP contribution in [0.15, 0.2) is 36.4 Å². The van der Waals surface area contributed by atoms with Crippen molar-refractivity contribution in [2.45, 2.75) is 0 Å². The fourth-order valence-electron chi connectivity index (χ4n) is 3.99. The van der Waals surface area contributed by atoms with E-state index in [1.807, 2.05) is 24.3 Å². The molecule has 2 aromatic rings. The van der Waals surface area contributed by atoms with E-state index in [-0.39, 0.29) is 0 Å². The molecule has 1 N–H and O–H groups in total. The first-order chi connectivity index (χ1) is 12.4. The van der Waals surface area contributed by atoms with E-state index in [0.29, 0.717) is 5.69 Å². The third-order valence-electron chi connectivity index (χ3n) is 5.13. The van der Waals surface area contributed by atoms with E-state index in [1.165, 1.54) is 13.1 Å². The molecule has 138 valence electrons. The summed E-state index contributed by atoms with van der Waals surface area (Å²) in [5, 5.41) is 8.78. The predicted molar refractivity (Wildman–Crippen MR) is 103 cm³/mol. The van der Waals surface area contributed by atoms with Crippen molar-refractivity contribution in [2.24, 2.45) is 11.8 Å². The lowest BCUT2D eigenvalue weighted by Gasteiger charge is -2.19. The second-order valence-corrected chi connectivity index (χ2v) is 9.12. The van der Waals surface area contributed by atoms with Gasteiger partial charge in [-0.25, -0.2) is 8.42 Å². The van der Waals surface area contributed by atoms with Crippen LogP contribution in [0.4, 0.5) is 11.5 Å². The quantitative estimate of drug-likeness (QED) is 0.875. The van der Waals surface area contributed by atoms with Gasteiger partial charge in [0.05, 0.1) is 11.9 Å². The van der Waals surface area contributed by atoms with Crippen LogP contribution < -0.4 is 9.62 Å². The van der Waals surface area contributed by atoms with Gasteiger partial charge in [-0.2, -0.15) is 0 Å². The van der Waals surface area contributed by atoms with Crippen molar-refractivity contribution < 1.29 is 8.42 Å². The second kappa shape index (κ2) is 6.51. The van der Waals surface area contributed by atoms with Gasteiger partial charge in [0, 0.05) is 37.4 Å². The lowest BCUT2D eigenvalue weighted by molar-refractivity contribution is 0.387. The van der Waals surface area contributed by atoms with Gasteiger partial charge in [-0.1, -0.05) is 12.1 Å².